The first-order valence-electron chi connectivity index (χ1n) is 13.2. The zero-order valence-corrected chi connectivity index (χ0v) is 22.6. The van der Waals surface area contributed by atoms with Gasteiger partial charge in [-0.25, -0.2) is 19.4 Å². The number of carboxylic acid groups (broad SMARTS) is 1. The molecule has 6 rings (SSSR count). The summed E-state index contributed by atoms with van der Waals surface area (Å²) in [5.41, 5.74) is 4.32. The van der Waals surface area contributed by atoms with Crippen LogP contribution in [0, 0.1) is 0 Å². The molecule has 0 radical (unpaired) electrons. The Kier molecular flexibility index (Phi) is 6.72. The molecule has 1 saturated heterocycles. The number of aromatic nitrogens is 5. The van der Waals surface area contributed by atoms with Gasteiger partial charge in [-0.2, -0.15) is 0 Å². The number of nitrogens with zero attached hydrogens (tertiary/aromatic N) is 6. The van der Waals surface area contributed by atoms with Crippen LogP contribution in [0.25, 0.3) is 28.0 Å². The second kappa shape index (κ2) is 10.5. The number of hydrogen-bond acceptors (Lipinski definition) is 7. The fourth-order valence-electron chi connectivity index (χ4n) is 5.52. The van der Waals surface area contributed by atoms with Gasteiger partial charge in [-0.3, -0.25) is 19.0 Å². The number of para-hydroxylation sites is 2. The van der Waals surface area contributed by atoms with E-state index in [0.717, 1.165) is 29.6 Å². The lowest BCUT2D eigenvalue weighted by atomic mass is 10.1. The maximum absolute atomic E-state index is 13.9. The van der Waals surface area contributed by atoms with E-state index in [0.29, 0.717) is 35.9 Å². The number of benzene rings is 2. The molecule has 41 heavy (non-hydrogen) atoms. The summed E-state index contributed by atoms with van der Waals surface area (Å²) < 4.78 is 9.90. The van der Waals surface area contributed by atoms with Crippen LogP contribution >= 0.6 is 0 Å². The molecular formula is C30H28N6O5. The van der Waals surface area contributed by atoms with Crippen LogP contribution in [-0.2, 0) is 18.3 Å². The highest BCUT2D eigenvalue weighted by molar-refractivity contribution is 5.90. The normalized spacial score (nSPS) is 15.4. The van der Waals surface area contributed by atoms with Gasteiger partial charge in [-0.15, -0.1) is 0 Å². The summed E-state index contributed by atoms with van der Waals surface area (Å²) in [4.78, 5) is 48.1. The number of aromatic carboxylic acids is 1. The van der Waals surface area contributed by atoms with Crippen molar-refractivity contribution in [2.75, 3.05) is 20.2 Å². The fourth-order valence-corrected chi connectivity index (χ4v) is 5.52. The number of imidazole rings is 2. The number of hydrogen-bond donors (Lipinski definition) is 1. The number of fused-ring (bicyclic) bond motifs is 1. The van der Waals surface area contributed by atoms with Gasteiger partial charge in [-0.1, -0.05) is 24.3 Å². The summed E-state index contributed by atoms with van der Waals surface area (Å²) in [6, 6.07) is 18.4. The third-order valence-corrected chi connectivity index (χ3v) is 7.67. The van der Waals surface area contributed by atoms with Crippen LogP contribution < -0.4 is 5.69 Å². The molecule has 208 valence electrons. The number of carbonyl (C=O) groups excluding carboxylic acids is 1. The van der Waals surface area contributed by atoms with Crippen LogP contribution in [0.4, 0.5) is 0 Å². The van der Waals surface area contributed by atoms with E-state index < -0.39 is 11.9 Å². The van der Waals surface area contributed by atoms with Gasteiger partial charge in [0.1, 0.15) is 11.5 Å². The molecule has 0 aliphatic carbocycles. The van der Waals surface area contributed by atoms with Gasteiger partial charge < -0.3 is 14.4 Å². The number of likely N-dealkylation sites (tertiary alicyclic amines) is 1. The van der Waals surface area contributed by atoms with Gasteiger partial charge in [0, 0.05) is 25.7 Å². The van der Waals surface area contributed by atoms with Gasteiger partial charge in [-0.05, 0) is 42.8 Å². The molecule has 3 aromatic heterocycles. The van der Waals surface area contributed by atoms with Crippen LogP contribution in [-0.4, -0.2) is 65.8 Å². The van der Waals surface area contributed by atoms with Gasteiger partial charge >= 0.3 is 17.6 Å². The van der Waals surface area contributed by atoms with Gasteiger partial charge in [0.2, 0.25) is 0 Å². The highest BCUT2D eigenvalue weighted by atomic mass is 16.5. The molecule has 11 heteroatoms. The van der Waals surface area contributed by atoms with Crippen molar-refractivity contribution in [1.82, 2.24) is 28.6 Å². The topological polar surface area (TPSA) is 124 Å². The highest BCUT2D eigenvalue weighted by Gasteiger charge is 2.29. The highest BCUT2D eigenvalue weighted by Crippen LogP contribution is 2.28. The average molecular weight is 553 g/mol. The molecule has 0 amide bonds. The molecule has 0 spiro atoms. The molecule has 0 bridgehead atoms. The third-order valence-electron chi connectivity index (χ3n) is 7.67. The molecule has 1 aliphatic heterocycles. The summed E-state index contributed by atoms with van der Waals surface area (Å²) in [5.74, 6) is -0.738. The molecule has 4 heterocycles. The van der Waals surface area contributed by atoms with Crippen molar-refractivity contribution in [2.24, 2.45) is 7.05 Å². The van der Waals surface area contributed by atoms with E-state index in [1.165, 1.54) is 13.3 Å². The SMILES string of the molecule is COC(=O)c1ccc(-c2ccc(-n3c(=O)n([C@H]4CCN(Cc5ncc(C(=O)O)n5C)C4)c4ccccc43)cn2)cc1. The Morgan fingerprint density at radius 3 is 2.41 bits per heavy atom. The first-order chi connectivity index (χ1) is 19.9. The summed E-state index contributed by atoms with van der Waals surface area (Å²) >= 11 is 0. The van der Waals surface area contributed by atoms with Crippen LogP contribution in [0.3, 0.4) is 0 Å². The van der Waals surface area contributed by atoms with Crippen molar-refractivity contribution < 1.29 is 19.4 Å². The summed E-state index contributed by atoms with van der Waals surface area (Å²) in [6.07, 6.45) is 3.84. The minimum Gasteiger partial charge on any atom is -0.477 e. The predicted molar refractivity (Wildman–Crippen MR) is 151 cm³/mol. The van der Waals surface area contributed by atoms with Crippen LogP contribution in [0.15, 0.2) is 77.9 Å². The number of carbonyl (C=O) groups is 2. The lowest BCUT2D eigenvalue weighted by molar-refractivity contribution is 0.0599. The Bertz CT molecular complexity index is 1820. The van der Waals surface area contributed by atoms with Gasteiger partial charge in [0.25, 0.3) is 0 Å². The van der Waals surface area contributed by atoms with Crippen molar-refractivity contribution in [3.05, 3.63) is 101 Å². The molecule has 5 aromatic rings. The van der Waals surface area contributed by atoms with E-state index in [9.17, 15) is 19.5 Å². The number of pyridine rings is 1. The number of ether oxygens (including phenoxy) is 1. The van der Waals surface area contributed by atoms with Crippen molar-refractivity contribution in [1.29, 1.82) is 0 Å². The first kappa shape index (κ1) is 26.2. The van der Waals surface area contributed by atoms with Crippen LogP contribution in [0.1, 0.15) is 39.1 Å². The number of esters is 1. The average Bonchev–Trinajstić information content (AvgIpc) is 3.68. The second-order valence-corrected chi connectivity index (χ2v) is 10.0. The molecule has 1 aliphatic rings. The van der Waals surface area contributed by atoms with Crippen molar-refractivity contribution in [3.8, 4) is 16.9 Å². The summed E-state index contributed by atoms with van der Waals surface area (Å²) in [7, 11) is 3.05. The molecule has 1 fully saturated rings. The fraction of sp³-hybridized carbons (Fsp3) is 0.233. The van der Waals surface area contributed by atoms with Crippen LogP contribution in [0.5, 0.6) is 0 Å². The van der Waals surface area contributed by atoms with E-state index >= 15 is 0 Å². The Morgan fingerprint density at radius 1 is 1.00 bits per heavy atom. The minimum absolute atomic E-state index is 0.0478. The summed E-state index contributed by atoms with van der Waals surface area (Å²) in [6.45, 7) is 1.90. The Morgan fingerprint density at radius 2 is 1.76 bits per heavy atom. The second-order valence-electron chi connectivity index (χ2n) is 10.0. The Hall–Kier alpha value is -5.03. The summed E-state index contributed by atoms with van der Waals surface area (Å²) in [5, 5.41) is 9.33. The zero-order chi connectivity index (χ0) is 28.7. The monoisotopic (exact) mass is 552 g/mol. The van der Waals surface area contributed by atoms with E-state index in [1.54, 1.807) is 34.5 Å². The maximum Gasteiger partial charge on any atom is 0.354 e. The number of methoxy groups -OCH3 is 1. The third kappa shape index (κ3) is 4.70. The zero-order valence-electron chi connectivity index (χ0n) is 22.6. The first-order valence-corrected chi connectivity index (χ1v) is 13.2. The van der Waals surface area contributed by atoms with Crippen molar-refractivity contribution in [3.63, 3.8) is 0 Å². The van der Waals surface area contributed by atoms with E-state index in [1.807, 2.05) is 53.1 Å². The van der Waals surface area contributed by atoms with Crippen molar-refractivity contribution in [2.45, 2.75) is 19.0 Å². The quantitative estimate of drug-likeness (QED) is 0.304. The van der Waals surface area contributed by atoms with E-state index in [-0.39, 0.29) is 17.4 Å². The standard InChI is InChI=1S/C30H28N6O5/c1-33-26(28(37)38)16-32-27(33)18-34-14-13-22(17-34)36-25-6-4-3-5-24(25)35(30(36)40)21-11-12-23(31-15-21)19-7-9-20(10-8-19)29(39)41-2/h3-12,15-16,22H,13-14,17-18H2,1-2H3,(H,37,38)/t22-/m0/s1. The molecule has 2 aromatic carbocycles. The van der Waals surface area contributed by atoms with Gasteiger partial charge in [0.15, 0.2) is 0 Å². The predicted octanol–water partition coefficient (Wildman–Crippen LogP) is 3.52. The molecule has 11 nitrogen and oxygen atoms in total. The molecule has 1 N–H and O–H groups in total. The van der Waals surface area contributed by atoms with E-state index in [4.69, 9.17) is 4.74 Å². The number of carboxylic acids is 1. The lowest BCUT2D eigenvalue weighted by Crippen LogP contribution is -2.29. The minimum atomic E-state index is -1.01. The van der Waals surface area contributed by atoms with Crippen molar-refractivity contribution >= 4 is 23.0 Å². The maximum atomic E-state index is 13.9. The van der Waals surface area contributed by atoms with E-state index in [2.05, 4.69) is 14.9 Å². The molecule has 0 saturated carbocycles. The van der Waals surface area contributed by atoms with Gasteiger partial charge in [0.05, 0.1) is 60.1 Å². The smallest absolute Gasteiger partial charge is 0.354 e. The van der Waals surface area contributed by atoms with Crippen LogP contribution in [0.2, 0.25) is 0 Å². The molecule has 1 atom stereocenters. The molecular weight excluding hydrogens is 524 g/mol. The lowest BCUT2D eigenvalue weighted by Gasteiger charge is -2.16. The largest absolute Gasteiger partial charge is 0.477 e. The number of rotatable bonds is 7. The Balaban J connectivity index is 1.28. The Labute approximate surface area is 234 Å². The molecule has 0 unspecified atom stereocenters.